The molecule has 274 valence electrons. The van der Waals surface area contributed by atoms with Gasteiger partial charge in [0.2, 0.25) is 23.6 Å². The van der Waals surface area contributed by atoms with Gasteiger partial charge in [-0.3, -0.25) is 28.8 Å². The van der Waals surface area contributed by atoms with Crippen molar-refractivity contribution in [2.45, 2.75) is 70.8 Å². The van der Waals surface area contributed by atoms with Gasteiger partial charge >= 0.3 is 0 Å². The Labute approximate surface area is 316 Å². The first kappa shape index (κ1) is 34.3. The average Bonchev–Trinajstić information content (AvgIpc) is 3.82. The Morgan fingerprint density at radius 3 is 2.53 bits per heavy atom. The van der Waals surface area contributed by atoms with E-state index in [0.29, 0.717) is 34.3 Å². The van der Waals surface area contributed by atoms with Crippen molar-refractivity contribution < 1.29 is 29.0 Å². The molecule has 9 rings (SSSR count). The lowest BCUT2D eigenvalue weighted by Gasteiger charge is -2.49. The summed E-state index contributed by atoms with van der Waals surface area (Å²) in [6.07, 6.45) is 7.29. The number of anilines is 1. The second-order valence-corrected chi connectivity index (χ2v) is 17.1. The molecule has 3 aliphatic carbocycles. The number of benzene rings is 2. The predicted molar refractivity (Wildman–Crippen MR) is 202 cm³/mol. The number of hydrogen-bond donors (Lipinski definition) is 1. The van der Waals surface area contributed by atoms with Crippen LogP contribution in [-0.2, 0) is 26.2 Å². The lowest BCUT2D eigenvalue weighted by atomic mass is 9.51. The first-order chi connectivity index (χ1) is 25.4. The van der Waals surface area contributed by atoms with Crippen LogP contribution >= 0.6 is 22.9 Å². The zero-order chi connectivity index (χ0) is 37.1. The molecule has 4 aromatic rings. The molecule has 5 aliphatic rings. The smallest absolute Gasteiger partial charge is 0.242 e. The van der Waals surface area contributed by atoms with Crippen molar-refractivity contribution >= 4 is 62.5 Å². The normalized spacial score (nSPS) is 28.8. The number of aryl methyl sites for hydroxylation is 2. The van der Waals surface area contributed by atoms with Gasteiger partial charge in [-0.1, -0.05) is 48.6 Å². The van der Waals surface area contributed by atoms with Crippen LogP contribution in [0.5, 0.6) is 11.5 Å². The fraction of sp³-hybridized carbons (Fsp3) is 0.439. The van der Waals surface area contributed by atoms with E-state index in [1.807, 2.05) is 38.1 Å². The molecule has 2 saturated heterocycles. The number of likely N-dealkylation sites (tertiary alicyclic amines) is 1. The summed E-state index contributed by atoms with van der Waals surface area (Å²) in [6, 6.07) is 12.4. The molecule has 2 saturated carbocycles. The Bertz CT molecular complexity index is 2290. The molecule has 0 unspecified atom stereocenters. The van der Waals surface area contributed by atoms with Gasteiger partial charge in [-0.2, -0.15) is 5.10 Å². The average molecular weight is 753 g/mol. The van der Waals surface area contributed by atoms with Crippen LogP contribution in [0.25, 0.3) is 20.7 Å². The number of thiophene rings is 1. The van der Waals surface area contributed by atoms with E-state index in [1.54, 1.807) is 52.2 Å². The summed E-state index contributed by atoms with van der Waals surface area (Å²) in [5, 5.41) is 18.0. The van der Waals surface area contributed by atoms with Crippen LogP contribution in [0.15, 0.2) is 54.1 Å². The van der Waals surface area contributed by atoms with E-state index < -0.39 is 40.9 Å². The summed E-state index contributed by atoms with van der Waals surface area (Å²) >= 11 is 7.89. The van der Waals surface area contributed by atoms with Crippen molar-refractivity contribution in [1.29, 1.82) is 0 Å². The van der Waals surface area contributed by atoms with Crippen molar-refractivity contribution in [2.75, 3.05) is 12.0 Å². The topological polar surface area (TPSA) is 122 Å². The minimum absolute atomic E-state index is 0.0579. The molecule has 0 bridgehead atoms. The second-order valence-electron chi connectivity index (χ2n) is 15.6. The fourth-order valence-corrected chi connectivity index (χ4v) is 11.8. The quantitative estimate of drug-likeness (QED) is 0.165. The molecule has 0 spiro atoms. The fourth-order valence-electron chi connectivity index (χ4n) is 10.5. The van der Waals surface area contributed by atoms with E-state index >= 15 is 4.79 Å². The SMILES string of the molecule is COc1cccc(O)c1[C@H]1C2=CC[C@@H]3C(=O)N(C4CCCCC4)C(=O)[C@@H]3[C@@H]2C[C@H]2C(=O)N(c3cc(-c4sc5ccc(Cl)cc5c4C)nn3C)C(=O)[C@@]12C. The molecule has 4 fully saturated rings. The number of carbonyl (C=O) groups excluding carboxylic acids is 4. The first-order valence-corrected chi connectivity index (χ1v) is 19.7. The van der Waals surface area contributed by atoms with Crippen LogP contribution in [-0.4, -0.2) is 56.6 Å². The minimum atomic E-state index is -1.35. The molecule has 4 amide bonds. The van der Waals surface area contributed by atoms with E-state index in [-0.39, 0.29) is 35.9 Å². The highest BCUT2D eigenvalue weighted by Gasteiger charge is 2.68. The molecule has 0 radical (unpaired) electrons. The number of imide groups is 2. The molecular formula is C41H41ClN4O6S. The molecule has 12 heteroatoms. The molecule has 4 heterocycles. The maximum Gasteiger partial charge on any atom is 0.242 e. The maximum absolute atomic E-state index is 15.2. The number of halogens is 1. The van der Waals surface area contributed by atoms with E-state index in [1.165, 1.54) is 12.0 Å². The zero-order valence-corrected chi connectivity index (χ0v) is 31.7. The van der Waals surface area contributed by atoms with Crippen LogP contribution < -0.4 is 9.64 Å². The summed E-state index contributed by atoms with van der Waals surface area (Å²) in [5.74, 6) is -3.67. The number of methoxy groups -OCH3 is 1. The number of hydrogen-bond acceptors (Lipinski definition) is 8. The number of phenols is 1. The second kappa shape index (κ2) is 12.3. The van der Waals surface area contributed by atoms with Gasteiger partial charge in [-0.15, -0.1) is 11.3 Å². The number of aromatic nitrogens is 2. The predicted octanol–water partition coefficient (Wildman–Crippen LogP) is 7.54. The highest BCUT2D eigenvalue weighted by Crippen LogP contribution is 2.65. The van der Waals surface area contributed by atoms with Crippen molar-refractivity contribution in [1.82, 2.24) is 14.7 Å². The molecule has 53 heavy (non-hydrogen) atoms. The zero-order valence-electron chi connectivity index (χ0n) is 30.1. The third-order valence-electron chi connectivity index (χ3n) is 13.0. The first-order valence-electron chi connectivity index (χ1n) is 18.5. The molecular weight excluding hydrogens is 712 g/mol. The highest BCUT2D eigenvalue weighted by atomic mass is 35.5. The summed E-state index contributed by atoms with van der Waals surface area (Å²) in [6.45, 7) is 3.82. The Kier molecular flexibility index (Phi) is 7.95. The van der Waals surface area contributed by atoms with Crippen molar-refractivity contribution in [3.63, 3.8) is 0 Å². The van der Waals surface area contributed by atoms with E-state index in [9.17, 15) is 19.5 Å². The molecule has 6 atom stereocenters. The van der Waals surface area contributed by atoms with Gasteiger partial charge in [-0.25, -0.2) is 4.90 Å². The number of ether oxygens (including phenoxy) is 1. The summed E-state index contributed by atoms with van der Waals surface area (Å²) in [7, 11) is 3.24. The van der Waals surface area contributed by atoms with E-state index in [0.717, 1.165) is 58.2 Å². The minimum Gasteiger partial charge on any atom is -0.508 e. The summed E-state index contributed by atoms with van der Waals surface area (Å²) < 4.78 is 8.44. The van der Waals surface area contributed by atoms with Gasteiger partial charge in [0, 0.05) is 40.4 Å². The summed E-state index contributed by atoms with van der Waals surface area (Å²) in [5.41, 5.74) is 1.51. The summed E-state index contributed by atoms with van der Waals surface area (Å²) in [4.78, 5) is 62.2. The molecule has 1 N–H and O–H groups in total. The Morgan fingerprint density at radius 2 is 1.77 bits per heavy atom. The number of rotatable bonds is 5. The van der Waals surface area contributed by atoms with Gasteiger partial charge in [0.05, 0.1) is 35.2 Å². The van der Waals surface area contributed by atoms with Gasteiger partial charge in [0.1, 0.15) is 23.0 Å². The highest BCUT2D eigenvalue weighted by molar-refractivity contribution is 7.22. The molecule has 2 aromatic heterocycles. The monoisotopic (exact) mass is 752 g/mol. The molecule has 2 aromatic carbocycles. The van der Waals surface area contributed by atoms with Crippen molar-refractivity contribution in [3.8, 4) is 22.1 Å². The third kappa shape index (κ3) is 4.78. The largest absolute Gasteiger partial charge is 0.508 e. The number of carbonyl (C=O) groups is 4. The van der Waals surface area contributed by atoms with Crippen LogP contribution in [0.4, 0.5) is 5.82 Å². The van der Waals surface area contributed by atoms with Crippen LogP contribution in [0, 0.1) is 36.0 Å². The lowest BCUT2D eigenvalue weighted by Crippen LogP contribution is -2.49. The van der Waals surface area contributed by atoms with Crippen molar-refractivity contribution in [3.05, 3.63) is 70.3 Å². The van der Waals surface area contributed by atoms with Gasteiger partial charge in [-0.05, 0) is 86.7 Å². The van der Waals surface area contributed by atoms with Crippen LogP contribution in [0.1, 0.15) is 68.9 Å². The van der Waals surface area contributed by atoms with Gasteiger partial charge in [0.25, 0.3) is 0 Å². The van der Waals surface area contributed by atoms with E-state index in [4.69, 9.17) is 21.4 Å². The molecule has 2 aliphatic heterocycles. The van der Waals surface area contributed by atoms with Crippen LogP contribution in [0.2, 0.25) is 5.02 Å². The van der Waals surface area contributed by atoms with Gasteiger partial charge < -0.3 is 9.84 Å². The Morgan fingerprint density at radius 1 is 1.00 bits per heavy atom. The van der Waals surface area contributed by atoms with E-state index in [2.05, 4.69) is 0 Å². The lowest BCUT2D eigenvalue weighted by molar-refractivity contribution is -0.144. The Hall–Kier alpha value is -4.48. The third-order valence-corrected chi connectivity index (χ3v) is 14.5. The number of amides is 4. The van der Waals surface area contributed by atoms with Crippen LogP contribution in [0.3, 0.4) is 0 Å². The number of nitrogens with zero attached hydrogens (tertiary/aromatic N) is 4. The number of phenolic OH excluding ortho intramolecular Hbond substituents is 1. The number of aromatic hydroxyl groups is 1. The number of allylic oxidation sites excluding steroid dienone is 2. The number of fused-ring (bicyclic) bond motifs is 5. The van der Waals surface area contributed by atoms with Gasteiger partial charge in [0.15, 0.2) is 0 Å². The van der Waals surface area contributed by atoms with Crippen molar-refractivity contribution in [2.24, 2.45) is 36.1 Å². The molecule has 10 nitrogen and oxygen atoms in total. The maximum atomic E-state index is 15.2. The standard InChI is InChI=1S/C41H41ClN4O6S/c1-20-25-17-21(42)13-16-31(25)53-36(20)28-19-32(44(3)43-28)46-38(49)27-18-26-23(35(41(27,2)40(46)51)34-29(47)11-8-12-30(34)52-4)14-15-24-33(26)39(50)45(37(24)48)22-9-6-5-7-10-22/h8,11-14,16-17,19,22,24,26-27,33,35,47H,5-7,9-10,15,18H2,1-4H3/t24-,26+,27-,33-,35+,41+/m0/s1. The Balaban J connectivity index is 1.16.